The molecule has 2 saturated heterocycles. The monoisotopic (exact) mass is 439 g/mol. The molecule has 4 rings (SSSR count). The molecule has 1 atom stereocenters. The van der Waals surface area contributed by atoms with Gasteiger partial charge in [-0.2, -0.15) is 0 Å². The van der Waals surface area contributed by atoms with Crippen LogP contribution in [0.5, 0.6) is 0 Å². The molecule has 6 heteroatoms. The van der Waals surface area contributed by atoms with Crippen molar-refractivity contribution >= 4 is 23.4 Å². The molecule has 0 spiro atoms. The Morgan fingerprint density at radius 1 is 0.871 bits per heavy atom. The quantitative estimate of drug-likeness (QED) is 0.715. The topological polar surface area (TPSA) is 43.9 Å². The number of carbonyl (C=O) groups is 2. The summed E-state index contributed by atoms with van der Waals surface area (Å²) in [4.78, 5) is 32.2. The maximum Gasteiger partial charge on any atom is 0.253 e. The number of amides is 2. The van der Waals surface area contributed by atoms with Gasteiger partial charge in [-0.1, -0.05) is 41.9 Å². The van der Waals surface area contributed by atoms with E-state index < -0.39 is 0 Å². The van der Waals surface area contributed by atoms with E-state index in [1.54, 1.807) is 24.3 Å². The van der Waals surface area contributed by atoms with Crippen molar-refractivity contribution in [2.75, 3.05) is 45.8 Å². The van der Waals surface area contributed by atoms with Gasteiger partial charge in [-0.15, -0.1) is 0 Å². The van der Waals surface area contributed by atoms with E-state index in [0.717, 1.165) is 52.0 Å². The minimum atomic E-state index is -0.0964. The van der Waals surface area contributed by atoms with Crippen molar-refractivity contribution in [3.05, 3.63) is 70.7 Å². The minimum Gasteiger partial charge on any atom is -0.340 e. The lowest BCUT2D eigenvalue weighted by molar-refractivity contribution is -0.138. The molecular weight excluding hydrogens is 410 g/mol. The van der Waals surface area contributed by atoms with E-state index in [0.29, 0.717) is 23.7 Å². The number of likely N-dealkylation sites (tertiary alicyclic amines) is 1. The molecule has 0 aliphatic carbocycles. The number of hydrogen-bond acceptors (Lipinski definition) is 3. The lowest BCUT2D eigenvalue weighted by Crippen LogP contribution is -2.53. The number of benzene rings is 2. The van der Waals surface area contributed by atoms with Gasteiger partial charge in [-0.25, -0.2) is 0 Å². The largest absolute Gasteiger partial charge is 0.340 e. The van der Waals surface area contributed by atoms with Gasteiger partial charge in [0.2, 0.25) is 5.91 Å². The number of piperidine rings is 1. The summed E-state index contributed by atoms with van der Waals surface area (Å²) >= 11 is 5.94. The molecule has 0 saturated carbocycles. The van der Waals surface area contributed by atoms with Crippen LogP contribution in [0.15, 0.2) is 54.6 Å². The van der Waals surface area contributed by atoms with E-state index in [1.807, 2.05) is 15.9 Å². The van der Waals surface area contributed by atoms with E-state index in [-0.39, 0.29) is 17.7 Å². The molecule has 5 nitrogen and oxygen atoms in total. The van der Waals surface area contributed by atoms with Gasteiger partial charge in [0.25, 0.3) is 5.91 Å². The predicted molar refractivity (Wildman–Crippen MR) is 123 cm³/mol. The second-order valence-corrected chi connectivity index (χ2v) is 8.94. The highest BCUT2D eigenvalue weighted by atomic mass is 35.5. The molecule has 31 heavy (non-hydrogen) atoms. The molecule has 2 aromatic rings. The summed E-state index contributed by atoms with van der Waals surface area (Å²) in [7, 11) is 0. The molecule has 2 heterocycles. The van der Waals surface area contributed by atoms with Crippen molar-refractivity contribution in [1.82, 2.24) is 14.7 Å². The van der Waals surface area contributed by atoms with E-state index >= 15 is 0 Å². The summed E-state index contributed by atoms with van der Waals surface area (Å²) in [6.07, 6.45) is 2.77. The number of rotatable bonds is 5. The highest BCUT2D eigenvalue weighted by Gasteiger charge is 2.32. The number of carbonyl (C=O) groups excluding carboxylic acids is 2. The third kappa shape index (κ3) is 5.66. The molecule has 1 unspecified atom stereocenters. The Balaban J connectivity index is 1.26. The van der Waals surface area contributed by atoms with Gasteiger partial charge in [0.15, 0.2) is 0 Å². The number of piperazine rings is 1. The Labute approximate surface area is 189 Å². The van der Waals surface area contributed by atoms with Crippen LogP contribution < -0.4 is 0 Å². The fourth-order valence-corrected chi connectivity index (χ4v) is 4.65. The van der Waals surface area contributed by atoms with Gasteiger partial charge < -0.3 is 9.80 Å². The van der Waals surface area contributed by atoms with Crippen LogP contribution in [0.2, 0.25) is 5.02 Å². The molecule has 2 amide bonds. The maximum absolute atomic E-state index is 13.1. The van der Waals surface area contributed by atoms with Gasteiger partial charge in [0.05, 0.1) is 5.92 Å². The molecule has 0 bridgehead atoms. The Hall–Kier alpha value is -2.37. The Kier molecular flexibility index (Phi) is 7.25. The van der Waals surface area contributed by atoms with Gasteiger partial charge in [-0.05, 0) is 49.1 Å². The van der Waals surface area contributed by atoms with Crippen LogP contribution in [-0.2, 0) is 11.2 Å². The lowest BCUT2D eigenvalue weighted by Gasteiger charge is -2.39. The average Bonchev–Trinajstić information content (AvgIpc) is 2.83. The van der Waals surface area contributed by atoms with E-state index in [4.69, 9.17) is 11.6 Å². The van der Waals surface area contributed by atoms with Crippen LogP contribution in [0, 0.1) is 5.92 Å². The summed E-state index contributed by atoms with van der Waals surface area (Å²) in [5, 5.41) is 0.617. The first kappa shape index (κ1) is 21.8. The summed E-state index contributed by atoms with van der Waals surface area (Å²) in [5.41, 5.74) is 1.98. The Morgan fingerprint density at radius 2 is 1.58 bits per heavy atom. The first-order chi connectivity index (χ1) is 15.1. The van der Waals surface area contributed by atoms with Gasteiger partial charge in [0, 0.05) is 56.4 Å². The minimum absolute atomic E-state index is 0.0140. The third-order valence-electron chi connectivity index (χ3n) is 6.39. The van der Waals surface area contributed by atoms with Crippen molar-refractivity contribution in [2.45, 2.75) is 19.3 Å². The van der Waals surface area contributed by atoms with Crippen molar-refractivity contribution in [3.63, 3.8) is 0 Å². The van der Waals surface area contributed by atoms with Gasteiger partial charge >= 0.3 is 0 Å². The van der Waals surface area contributed by atoms with Crippen LogP contribution in [0.25, 0.3) is 0 Å². The molecule has 0 radical (unpaired) electrons. The van der Waals surface area contributed by atoms with Crippen LogP contribution in [0.3, 0.4) is 0 Å². The second kappa shape index (κ2) is 10.3. The summed E-state index contributed by atoms with van der Waals surface area (Å²) < 4.78 is 0. The van der Waals surface area contributed by atoms with Crippen molar-refractivity contribution in [3.8, 4) is 0 Å². The highest BCUT2D eigenvalue weighted by Crippen LogP contribution is 2.22. The molecule has 0 N–H and O–H groups in total. The van der Waals surface area contributed by atoms with Crippen molar-refractivity contribution in [2.24, 2.45) is 5.92 Å². The zero-order valence-electron chi connectivity index (χ0n) is 17.9. The fraction of sp³-hybridized carbons (Fsp3) is 0.440. The predicted octanol–water partition coefficient (Wildman–Crippen LogP) is 3.58. The first-order valence-electron chi connectivity index (χ1n) is 11.2. The average molecular weight is 440 g/mol. The number of halogens is 1. The molecule has 2 fully saturated rings. The van der Waals surface area contributed by atoms with Crippen LogP contribution in [-0.4, -0.2) is 72.3 Å². The lowest BCUT2D eigenvalue weighted by atomic mass is 9.95. The van der Waals surface area contributed by atoms with Crippen LogP contribution in [0.4, 0.5) is 0 Å². The number of hydrogen-bond donors (Lipinski definition) is 0. The maximum atomic E-state index is 13.1. The molecule has 2 aliphatic rings. The summed E-state index contributed by atoms with van der Waals surface area (Å²) in [6, 6.07) is 17.5. The molecule has 2 aliphatic heterocycles. The Morgan fingerprint density at radius 3 is 2.29 bits per heavy atom. The molecule has 2 aromatic carbocycles. The summed E-state index contributed by atoms with van der Waals surface area (Å²) in [5.74, 6) is 0.0945. The highest BCUT2D eigenvalue weighted by molar-refractivity contribution is 6.30. The third-order valence-corrected chi connectivity index (χ3v) is 6.64. The smallest absolute Gasteiger partial charge is 0.253 e. The van der Waals surface area contributed by atoms with Gasteiger partial charge in [-0.3, -0.25) is 14.5 Å². The van der Waals surface area contributed by atoms with Crippen molar-refractivity contribution < 1.29 is 9.59 Å². The second-order valence-electron chi connectivity index (χ2n) is 8.50. The normalized spacial score (nSPS) is 20.0. The van der Waals surface area contributed by atoms with E-state index in [1.165, 1.54) is 5.56 Å². The molecule has 0 aromatic heterocycles. The van der Waals surface area contributed by atoms with E-state index in [9.17, 15) is 9.59 Å². The van der Waals surface area contributed by atoms with E-state index in [2.05, 4.69) is 29.2 Å². The first-order valence-corrected chi connectivity index (χ1v) is 11.6. The number of nitrogens with zero attached hydrogens (tertiary/aromatic N) is 3. The molecule has 164 valence electrons. The van der Waals surface area contributed by atoms with Crippen LogP contribution in [0.1, 0.15) is 28.8 Å². The Bertz CT molecular complexity index is 879. The van der Waals surface area contributed by atoms with Gasteiger partial charge in [0.1, 0.15) is 0 Å². The van der Waals surface area contributed by atoms with Crippen LogP contribution >= 0.6 is 11.6 Å². The standard InChI is InChI=1S/C25H30ClN3O2/c26-23-10-8-21(9-11-23)24(30)29-13-4-7-22(19-29)25(31)28-17-15-27(16-18-28)14-12-20-5-2-1-3-6-20/h1-3,5-6,8-11,22H,4,7,12-19H2. The zero-order valence-corrected chi connectivity index (χ0v) is 18.6. The zero-order chi connectivity index (χ0) is 21.6. The SMILES string of the molecule is O=C(c1ccc(Cl)cc1)N1CCCC(C(=O)N2CCN(CCc3ccccc3)CC2)C1. The van der Waals surface area contributed by atoms with Crippen molar-refractivity contribution in [1.29, 1.82) is 0 Å². The molecular formula is C25H30ClN3O2. The summed E-state index contributed by atoms with van der Waals surface area (Å²) in [6.45, 7) is 5.62. The fourth-order valence-electron chi connectivity index (χ4n) is 4.52.